The largest absolute Gasteiger partial charge is 0.494 e. The van der Waals surface area contributed by atoms with Crippen LogP contribution in [-0.4, -0.2) is 26.4 Å². The number of hydrogen-bond acceptors (Lipinski definition) is 3. The Morgan fingerprint density at radius 1 is 1.47 bits per heavy atom. The standard InChI is InChI=1S/C15H22FNO2/c1-11(17-10-13-5-3-4-8-19-13)12-6-7-14(16)15(9-12)18-2/h6-7,9,11,13,17H,3-5,8,10H2,1-2H3. The van der Waals surface area contributed by atoms with Crippen LogP contribution >= 0.6 is 0 Å². The fraction of sp³-hybridized carbons (Fsp3) is 0.600. The SMILES string of the molecule is COc1cc(C(C)NCC2CCCCO2)ccc1F. The van der Waals surface area contributed by atoms with E-state index in [2.05, 4.69) is 12.2 Å². The molecule has 1 aromatic rings. The third-order valence-electron chi connectivity index (χ3n) is 3.60. The summed E-state index contributed by atoms with van der Waals surface area (Å²) in [5.74, 6) is -0.0332. The van der Waals surface area contributed by atoms with Crippen LogP contribution in [0.1, 0.15) is 37.8 Å². The molecular formula is C15H22FNO2. The van der Waals surface area contributed by atoms with Gasteiger partial charge in [0, 0.05) is 19.2 Å². The average molecular weight is 267 g/mol. The lowest BCUT2D eigenvalue weighted by atomic mass is 10.1. The van der Waals surface area contributed by atoms with Crippen molar-refractivity contribution < 1.29 is 13.9 Å². The summed E-state index contributed by atoms with van der Waals surface area (Å²) in [5, 5.41) is 3.44. The topological polar surface area (TPSA) is 30.5 Å². The predicted molar refractivity (Wildman–Crippen MR) is 73.0 cm³/mol. The van der Waals surface area contributed by atoms with E-state index in [0.29, 0.717) is 11.9 Å². The molecule has 0 aliphatic carbocycles. The number of ether oxygens (including phenoxy) is 2. The van der Waals surface area contributed by atoms with Crippen molar-refractivity contribution in [2.45, 2.75) is 38.3 Å². The summed E-state index contributed by atoms with van der Waals surface area (Å²) in [6, 6.07) is 5.13. The minimum atomic E-state index is -0.325. The zero-order valence-electron chi connectivity index (χ0n) is 11.6. The van der Waals surface area contributed by atoms with E-state index in [4.69, 9.17) is 9.47 Å². The van der Waals surface area contributed by atoms with Gasteiger partial charge in [-0.1, -0.05) is 6.07 Å². The molecule has 1 fully saturated rings. The van der Waals surface area contributed by atoms with E-state index in [0.717, 1.165) is 25.1 Å². The summed E-state index contributed by atoms with van der Waals surface area (Å²) in [6.45, 7) is 3.77. The Bertz CT molecular complexity index is 405. The first-order valence-corrected chi connectivity index (χ1v) is 6.89. The summed E-state index contributed by atoms with van der Waals surface area (Å²) in [7, 11) is 1.48. The smallest absolute Gasteiger partial charge is 0.165 e. The van der Waals surface area contributed by atoms with E-state index in [1.54, 1.807) is 12.1 Å². The van der Waals surface area contributed by atoms with Gasteiger partial charge in [0.1, 0.15) is 0 Å². The highest BCUT2D eigenvalue weighted by Gasteiger charge is 2.15. The second-order valence-electron chi connectivity index (χ2n) is 5.01. The first-order valence-electron chi connectivity index (χ1n) is 6.89. The first-order chi connectivity index (χ1) is 9.20. The Morgan fingerprint density at radius 2 is 2.32 bits per heavy atom. The second kappa shape index (κ2) is 6.87. The van der Waals surface area contributed by atoms with Crippen molar-refractivity contribution in [1.82, 2.24) is 5.32 Å². The van der Waals surface area contributed by atoms with Gasteiger partial charge in [0.2, 0.25) is 0 Å². The molecule has 1 aliphatic heterocycles. The molecular weight excluding hydrogens is 245 g/mol. The van der Waals surface area contributed by atoms with E-state index in [9.17, 15) is 4.39 Å². The van der Waals surface area contributed by atoms with Gasteiger partial charge >= 0.3 is 0 Å². The molecule has 1 aromatic carbocycles. The van der Waals surface area contributed by atoms with Gasteiger partial charge in [0.25, 0.3) is 0 Å². The van der Waals surface area contributed by atoms with Crippen molar-refractivity contribution >= 4 is 0 Å². The number of halogens is 1. The summed E-state index contributed by atoms with van der Waals surface area (Å²) in [4.78, 5) is 0. The van der Waals surface area contributed by atoms with Crippen molar-refractivity contribution in [3.63, 3.8) is 0 Å². The zero-order chi connectivity index (χ0) is 13.7. The molecule has 3 nitrogen and oxygen atoms in total. The Morgan fingerprint density at radius 3 is 3.00 bits per heavy atom. The number of benzene rings is 1. The van der Waals surface area contributed by atoms with Gasteiger partial charge in [-0.15, -0.1) is 0 Å². The Balaban J connectivity index is 1.89. The minimum Gasteiger partial charge on any atom is -0.494 e. The highest BCUT2D eigenvalue weighted by molar-refractivity contribution is 5.31. The van der Waals surface area contributed by atoms with Gasteiger partial charge in [-0.25, -0.2) is 4.39 Å². The molecule has 19 heavy (non-hydrogen) atoms. The lowest BCUT2D eigenvalue weighted by Gasteiger charge is -2.25. The van der Waals surface area contributed by atoms with Crippen LogP contribution in [0.5, 0.6) is 5.75 Å². The maximum atomic E-state index is 13.3. The van der Waals surface area contributed by atoms with Crippen LogP contribution in [0.15, 0.2) is 18.2 Å². The summed E-state index contributed by atoms with van der Waals surface area (Å²) < 4.78 is 24.0. The molecule has 0 radical (unpaired) electrons. The summed E-state index contributed by atoms with van der Waals surface area (Å²) in [5.41, 5.74) is 1.02. The molecule has 4 heteroatoms. The van der Waals surface area contributed by atoms with Gasteiger partial charge in [0.05, 0.1) is 13.2 Å². The lowest BCUT2D eigenvalue weighted by molar-refractivity contribution is 0.0156. The van der Waals surface area contributed by atoms with Crippen molar-refractivity contribution in [2.24, 2.45) is 0 Å². The molecule has 0 saturated carbocycles. The van der Waals surface area contributed by atoms with E-state index >= 15 is 0 Å². The molecule has 2 atom stereocenters. The molecule has 0 amide bonds. The van der Waals surface area contributed by atoms with Gasteiger partial charge in [-0.2, -0.15) is 0 Å². The average Bonchev–Trinajstić information content (AvgIpc) is 2.46. The molecule has 1 aliphatic rings. The first kappa shape index (κ1) is 14.3. The van der Waals surface area contributed by atoms with Crippen molar-refractivity contribution in [1.29, 1.82) is 0 Å². The molecule has 106 valence electrons. The van der Waals surface area contributed by atoms with Gasteiger partial charge in [-0.05, 0) is 43.9 Å². The number of rotatable bonds is 5. The second-order valence-corrected chi connectivity index (χ2v) is 5.01. The highest BCUT2D eigenvalue weighted by Crippen LogP contribution is 2.22. The molecule has 1 saturated heterocycles. The molecule has 2 rings (SSSR count). The lowest BCUT2D eigenvalue weighted by Crippen LogP contribution is -2.33. The fourth-order valence-electron chi connectivity index (χ4n) is 2.34. The van der Waals surface area contributed by atoms with Crippen LogP contribution in [-0.2, 0) is 4.74 Å². The Kier molecular flexibility index (Phi) is 5.16. The van der Waals surface area contributed by atoms with Crippen LogP contribution in [0, 0.1) is 5.82 Å². The molecule has 0 aromatic heterocycles. The fourth-order valence-corrected chi connectivity index (χ4v) is 2.34. The molecule has 0 spiro atoms. The third-order valence-corrected chi connectivity index (χ3v) is 3.60. The van der Waals surface area contributed by atoms with E-state index in [1.165, 1.54) is 26.0 Å². The maximum absolute atomic E-state index is 13.3. The van der Waals surface area contributed by atoms with Crippen LogP contribution in [0.4, 0.5) is 4.39 Å². The molecule has 0 bridgehead atoms. The number of methoxy groups -OCH3 is 1. The maximum Gasteiger partial charge on any atom is 0.165 e. The number of hydrogen-bond donors (Lipinski definition) is 1. The summed E-state index contributed by atoms with van der Waals surface area (Å²) >= 11 is 0. The zero-order valence-corrected chi connectivity index (χ0v) is 11.6. The number of nitrogens with one attached hydrogen (secondary N) is 1. The van der Waals surface area contributed by atoms with E-state index < -0.39 is 0 Å². The van der Waals surface area contributed by atoms with Crippen LogP contribution in [0.25, 0.3) is 0 Å². The van der Waals surface area contributed by atoms with Gasteiger partial charge < -0.3 is 14.8 Å². The Hall–Kier alpha value is -1.13. The van der Waals surface area contributed by atoms with Crippen molar-refractivity contribution in [3.8, 4) is 5.75 Å². The molecule has 2 unspecified atom stereocenters. The third kappa shape index (κ3) is 3.91. The highest BCUT2D eigenvalue weighted by atomic mass is 19.1. The van der Waals surface area contributed by atoms with Crippen LogP contribution in [0.2, 0.25) is 0 Å². The van der Waals surface area contributed by atoms with E-state index in [-0.39, 0.29) is 11.9 Å². The van der Waals surface area contributed by atoms with Gasteiger partial charge in [-0.3, -0.25) is 0 Å². The predicted octanol–water partition coefficient (Wildman–Crippen LogP) is 3.05. The summed E-state index contributed by atoms with van der Waals surface area (Å²) in [6.07, 6.45) is 3.83. The normalized spacial score (nSPS) is 21.1. The molecule has 1 N–H and O–H groups in total. The van der Waals surface area contributed by atoms with Crippen LogP contribution in [0.3, 0.4) is 0 Å². The molecule has 1 heterocycles. The van der Waals surface area contributed by atoms with E-state index in [1.807, 2.05) is 0 Å². The van der Waals surface area contributed by atoms with Crippen molar-refractivity contribution in [2.75, 3.05) is 20.3 Å². The monoisotopic (exact) mass is 267 g/mol. The quantitative estimate of drug-likeness (QED) is 0.889. The van der Waals surface area contributed by atoms with Crippen LogP contribution < -0.4 is 10.1 Å². The minimum absolute atomic E-state index is 0.153. The van der Waals surface area contributed by atoms with Crippen molar-refractivity contribution in [3.05, 3.63) is 29.6 Å². The Labute approximate surface area is 114 Å². The van der Waals surface area contributed by atoms with Gasteiger partial charge in [0.15, 0.2) is 11.6 Å².